The van der Waals surface area contributed by atoms with Gasteiger partial charge in [0, 0.05) is 12.5 Å². The van der Waals surface area contributed by atoms with Crippen LogP contribution in [0.4, 0.5) is 0 Å². The minimum absolute atomic E-state index is 0.196. The number of alkyl halides is 1. The molecule has 0 unspecified atom stereocenters. The van der Waals surface area contributed by atoms with Crippen LogP contribution in [0.15, 0.2) is 17.9 Å². The van der Waals surface area contributed by atoms with Gasteiger partial charge in [-0.1, -0.05) is 41.5 Å². The molecule has 0 aliphatic carbocycles. The Bertz CT molecular complexity index is 365. The fraction of sp³-hybridized carbons (Fsp3) is 0.842. The first-order valence-electron chi connectivity index (χ1n) is 8.89. The van der Waals surface area contributed by atoms with E-state index < -0.39 is 16.6 Å². The molecular formula is C19H41ClO2Si2. The first-order chi connectivity index (χ1) is 10.6. The Balaban J connectivity index is 0. The van der Waals surface area contributed by atoms with Crippen molar-refractivity contribution < 1.29 is 9.22 Å². The van der Waals surface area contributed by atoms with Gasteiger partial charge in [-0.25, -0.2) is 0 Å². The average Bonchev–Trinajstić information content (AvgIpc) is 2.35. The smallest absolute Gasteiger partial charge is 0.178 e. The zero-order valence-electron chi connectivity index (χ0n) is 17.7. The molecule has 0 heterocycles. The lowest BCUT2D eigenvalue weighted by Crippen LogP contribution is -2.53. The van der Waals surface area contributed by atoms with E-state index in [1.807, 2.05) is 6.08 Å². The van der Waals surface area contributed by atoms with E-state index >= 15 is 0 Å². The van der Waals surface area contributed by atoms with Gasteiger partial charge in [0.05, 0.1) is 0 Å². The third kappa shape index (κ3) is 10.9. The van der Waals surface area contributed by atoms with E-state index in [4.69, 9.17) is 20.8 Å². The summed E-state index contributed by atoms with van der Waals surface area (Å²) in [5, 5.41) is 8.96. The number of rotatable bonds is 6. The van der Waals surface area contributed by atoms with Crippen molar-refractivity contribution in [3.8, 4) is 0 Å². The molecule has 0 rings (SSSR count). The summed E-state index contributed by atoms with van der Waals surface area (Å²) >= 11 is 5.38. The molecule has 0 aromatic rings. The fourth-order valence-corrected chi connectivity index (χ4v) is 8.97. The van der Waals surface area contributed by atoms with E-state index in [1.165, 1.54) is 0 Å². The van der Waals surface area contributed by atoms with Crippen LogP contribution >= 0.6 is 11.6 Å². The van der Waals surface area contributed by atoms with Crippen molar-refractivity contribution in [2.75, 3.05) is 12.5 Å². The standard InChI is InChI=1S/C12H30OSi2.C7H11ClO/c1-11(2,3)14(7,8)13-15(9,10)12(4,5)6;8-6-4-2-1-3-5-7-9/h1-10H3;2-3,9H,4-7H2. The summed E-state index contributed by atoms with van der Waals surface area (Å²) in [4.78, 5) is 0. The van der Waals surface area contributed by atoms with E-state index in [1.54, 1.807) is 6.08 Å². The molecule has 0 aromatic heterocycles. The molecule has 0 saturated heterocycles. The third-order valence-corrected chi connectivity index (χ3v) is 16.4. The highest BCUT2D eigenvalue weighted by Gasteiger charge is 2.46. The third-order valence-electron chi connectivity index (χ3n) is 4.89. The van der Waals surface area contributed by atoms with Crippen molar-refractivity contribution in [1.29, 1.82) is 0 Å². The van der Waals surface area contributed by atoms with Crippen molar-refractivity contribution in [2.45, 2.75) is 90.6 Å². The van der Waals surface area contributed by atoms with Gasteiger partial charge >= 0.3 is 0 Å². The van der Waals surface area contributed by atoms with Gasteiger partial charge in [0.1, 0.15) is 0 Å². The van der Waals surface area contributed by atoms with Crippen LogP contribution in [0.25, 0.3) is 0 Å². The summed E-state index contributed by atoms with van der Waals surface area (Å²) in [6.45, 7) is 23.5. The molecule has 0 fully saturated rings. The molecule has 0 amide bonds. The SMILES string of the molecule is CC(C)(C)[Si](C)(C)O[Si](C)(C)C(C)(C)C.OCCC=C=CCCCl. The lowest BCUT2D eigenvalue weighted by atomic mass is 10.2. The topological polar surface area (TPSA) is 29.5 Å². The second-order valence-corrected chi connectivity index (χ2v) is 19.4. The van der Waals surface area contributed by atoms with E-state index in [0.29, 0.717) is 22.4 Å². The highest BCUT2D eigenvalue weighted by molar-refractivity contribution is 6.87. The highest BCUT2D eigenvalue weighted by Crippen LogP contribution is 2.44. The number of hydrogen-bond acceptors (Lipinski definition) is 2. The van der Waals surface area contributed by atoms with E-state index in [9.17, 15) is 0 Å². The molecule has 1 N–H and O–H groups in total. The van der Waals surface area contributed by atoms with Gasteiger partial charge in [-0.15, -0.1) is 17.3 Å². The number of aliphatic hydroxyl groups is 1. The fourth-order valence-electron chi connectivity index (χ4n) is 1.31. The molecule has 0 aliphatic heterocycles. The van der Waals surface area contributed by atoms with Crippen molar-refractivity contribution >= 4 is 28.2 Å². The zero-order valence-corrected chi connectivity index (χ0v) is 20.5. The van der Waals surface area contributed by atoms with Crippen LogP contribution in [-0.2, 0) is 4.12 Å². The number of hydrogen-bond donors (Lipinski definition) is 1. The van der Waals surface area contributed by atoms with E-state index in [0.717, 1.165) is 6.42 Å². The number of halogens is 1. The van der Waals surface area contributed by atoms with Gasteiger partial charge in [0.15, 0.2) is 16.6 Å². The lowest BCUT2D eigenvalue weighted by molar-refractivity contribution is 0.302. The van der Waals surface area contributed by atoms with Crippen LogP contribution in [0.1, 0.15) is 54.4 Å². The molecule has 24 heavy (non-hydrogen) atoms. The van der Waals surface area contributed by atoms with Crippen LogP contribution in [0.5, 0.6) is 0 Å². The average molecular weight is 393 g/mol. The van der Waals surface area contributed by atoms with Gasteiger partial charge < -0.3 is 9.22 Å². The largest absolute Gasteiger partial charge is 0.455 e. The molecule has 0 spiro atoms. The zero-order chi connectivity index (χ0) is 19.7. The Labute approximate surface area is 158 Å². The Morgan fingerprint density at radius 2 is 1.25 bits per heavy atom. The maximum absolute atomic E-state index is 8.31. The van der Waals surface area contributed by atoms with Crippen molar-refractivity contribution in [2.24, 2.45) is 0 Å². The summed E-state index contributed by atoms with van der Waals surface area (Å²) in [6, 6.07) is 0. The molecule has 0 aliphatic rings. The highest BCUT2D eigenvalue weighted by atomic mass is 35.5. The quantitative estimate of drug-likeness (QED) is 0.308. The van der Waals surface area contributed by atoms with Crippen molar-refractivity contribution in [3.05, 3.63) is 17.9 Å². The Hall–Kier alpha value is 0.164. The van der Waals surface area contributed by atoms with E-state index in [2.05, 4.69) is 73.5 Å². The first kappa shape index (κ1) is 26.4. The molecular weight excluding hydrogens is 352 g/mol. The van der Waals surface area contributed by atoms with E-state index in [-0.39, 0.29) is 6.61 Å². The second-order valence-electron chi connectivity index (χ2n) is 9.19. The van der Waals surface area contributed by atoms with Crippen molar-refractivity contribution in [3.63, 3.8) is 0 Å². The minimum atomic E-state index is -1.59. The van der Waals surface area contributed by atoms with Crippen LogP contribution in [-0.4, -0.2) is 34.2 Å². The molecule has 5 heteroatoms. The normalized spacial score (nSPS) is 12.8. The van der Waals surface area contributed by atoms with Gasteiger partial charge in [-0.3, -0.25) is 0 Å². The molecule has 0 saturated carbocycles. The monoisotopic (exact) mass is 392 g/mol. The second kappa shape index (κ2) is 11.0. The van der Waals surface area contributed by atoms with Gasteiger partial charge in [0.2, 0.25) is 0 Å². The maximum atomic E-state index is 8.31. The first-order valence-corrected chi connectivity index (χ1v) is 15.2. The van der Waals surface area contributed by atoms with Gasteiger partial charge in [-0.2, -0.15) is 0 Å². The molecule has 0 aromatic carbocycles. The molecule has 0 atom stereocenters. The Morgan fingerprint density at radius 3 is 1.54 bits per heavy atom. The lowest BCUT2D eigenvalue weighted by Gasteiger charge is -2.47. The van der Waals surface area contributed by atoms with Gasteiger partial charge in [0.25, 0.3) is 0 Å². The summed E-state index contributed by atoms with van der Waals surface area (Å²) in [7, 11) is -3.18. The van der Waals surface area contributed by atoms with Crippen LogP contribution in [0, 0.1) is 0 Å². The summed E-state index contributed by atoms with van der Waals surface area (Å²) < 4.78 is 6.63. The predicted molar refractivity (Wildman–Crippen MR) is 115 cm³/mol. The van der Waals surface area contributed by atoms with Crippen LogP contribution < -0.4 is 0 Å². The predicted octanol–water partition coefficient (Wildman–Crippen LogP) is 6.72. The summed E-state index contributed by atoms with van der Waals surface area (Å²) in [5.74, 6) is 0.639. The molecule has 2 nitrogen and oxygen atoms in total. The minimum Gasteiger partial charge on any atom is -0.455 e. The van der Waals surface area contributed by atoms with Gasteiger partial charge in [-0.05, 0) is 61.3 Å². The molecule has 0 radical (unpaired) electrons. The summed E-state index contributed by atoms with van der Waals surface area (Å²) in [5.41, 5.74) is 2.89. The maximum Gasteiger partial charge on any atom is 0.178 e. The van der Waals surface area contributed by atoms with Crippen LogP contribution in [0.2, 0.25) is 36.3 Å². The van der Waals surface area contributed by atoms with Crippen LogP contribution in [0.3, 0.4) is 0 Å². The molecule has 0 bridgehead atoms. The Morgan fingerprint density at radius 1 is 0.875 bits per heavy atom. The summed E-state index contributed by atoms with van der Waals surface area (Å²) in [6.07, 6.45) is 5.19. The van der Waals surface area contributed by atoms with Crippen molar-refractivity contribution in [1.82, 2.24) is 0 Å². The Kier molecular flexibility index (Phi) is 12.1. The number of aliphatic hydroxyl groups excluding tert-OH is 1. The molecule has 144 valence electrons.